The summed E-state index contributed by atoms with van der Waals surface area (Å²) in [4.78, 5) is 0.275. The molecule has 21 heavy (non-hydrogen) atoms. The van der Waals surface area contributed by atoms with Crippen LogP contribution in [0.3, 0.4) is 0 Å². The first-order valence-corrected chi connectivity index (χ1v) is 9.01. The molecule has 1 aromatic rings. The zero-order valence-electron chi connectivity index (χ0n) is 10.6. The molecule has 0 saturated heterocycles. The molecule has 2 N–H and O–H groups in total. The van der Waals surface area contributed by atoms with E-state index in [-0.39, 0.29) is 4.90 Å². The zero-order valence-corrected chi connectivity index (χ0v) is 13.1. The van der Waals surface area contributed by atoms with Crippen LogP contribution in [-0.4, -0.2) is 39.0 Å². The lowest BCUT2D eigenvalue weighted by atomic mass is 10.2. The highest BCUT2D eigenvalue weighted by atomic mass is 32.3. The molecule has 12 heteroatoms. The van der Waals surface area contributed by atoms with Crippen molar-refractivity contribution in [3.8, 4) is 0 Å². The van der Waals surface area contributed by atoms with E-state index in [9.17, 15) is 16.8 Å². The van der Waals surface area contributed by atoms with E-state index in [4.69, 9.17) is 9.81 Å². The van der Waals surface area contributed by atoms with Crippen molar-refractivity contribution in [2.24, 2.45) is 0 Å². The highest BCUT2D eigenvalue weighted by Gasteiger charge is 2.18. The van der Waals surface area contributed by atoms with Crippen molar-refractivity contribution < 1.29 is 40.2 Å². The molecule has 0 fully saturated rings. The van der Waals surface area contributed by atoms with E-state index in [1.165, 1.54) is 18.2 Å². The van der Waals surface area contributed by atoms with Gasteiger partial charge in [0.2, 0.25) is 0 Å². The number of rotatable bonds is 8. The monoisotopic (exact) mass is 360 g/mol. The molecule has 0 aromatic heterocycles. The van der Waals surface area contributed by atoms with Crippen LogP contribution in [0, 0.1) is 6.92 Å². The molecular formula is C9H12O9S3. The molecule has 0 amide bonds. The van der Waals surface area contributed by atoms with Crippen molar-refractivity contribution in [3.63, 3.8) is 0 Å². The van der Waals surface area contributed by atoms with Crippen LogP contribution in [-0.2, 0) is 33.8 Å². The van der Waals surface area contributed by atoms with Crippen molar-refractivity contribution in [1.82, 2.24) is 0 Å². The average molecular weight is 360 g/mol. The van der Waals surface area contributed by atoms with E-state index in [2.05, 4.69) is 13.6 Å². The first-order chi connectivity index (χ1) is 9.65. The molecular weight excluding hydrogens is 348 g/mol. The lowest BCUT2D eigenvalue weighted by Gasteiger charge is -2.08. The van der Waals surface area contributed by atoms with Crippen LogP contribution in [0.1, 0.15) is 5.56 Å². The van der Waals surface area contributed by atoms with Crippen LogP contribution >= 0.6 is 12.0 Å². The van der Waals surface area contributed by atoms with Crippen molar-refractivity contribution >= 4 is 32.3 Å². The summed E-state index contributed by atoms with van der Waals surface area (Å²) >= 11 is 0.602. The Morgan fingerprint density at radius 3 is 2.48 bits per heavy atom. The SMILES string of the molecule is Cc1ccc(S(=O)(=O)CCOS(=O)(=O)O)cc1SOOO. The standard InChI is InChI=1S/C9H12O9S3/c1-7-2-3-8(6-9(7)19-18-17-10)20(11,12)5-4-16-21(13,14)15/h2-3,6,10H,4-5H2,1H3,(H,13,14,15). The fourth-order valence-corrected chi connectivity index (χ4v) is 3.35. The molecule has 0 atom stereocenters. The summed E-state index contributed by atoms with van der Waals surface area (Å²) in [5, 5.41) is 11.5. The fraction of sp³-hybridized carbons (Fsp3) is 0.333. The Morgan fingerprint density at radius 2 is 1.90 bits per heavy atom. The smallest absolute Gasteiger partial charge is 0.264 e. The second-order valence-electron chi connectivity index (χ2n) is 3.72. The third kappa shape index (κ3) is 6.27. The maximum absolute atomic E-state index is 12.0. The molecule has 1 rings (SSSR count). The normalized spacial score (nSPS) is 12.5. The van der Waals surface area contributed by atoms with E-state index in [0.29, 0.717) is 22.5 Å². The van der Waals surface area contributed by atoms with E-state index >= 15 is 0 Å². The quantitative estimate of drug-likeness (QED) is 0.299. The van der Waals surface area contributed by atoms with Gasteiger partial charge in [-0.3, -0.25) is 4.55 Å². The molecule has 0 spiro atoms. The Morgan fingerprint density at radius 1 is 1.24 bits per heavy atom. The third-order valence-corrected chi connectivity index (χ3v) is 5.15. The highest BCUT2D eigenvalue weighted by molar-refractivity contribution is 7.94. The lowest BCUT2D eigenvalue weighted by Crippen LogP contribution is -2.15. The first kappa shape index (κ1) is 18.3. The van der Waals surface area contributed by atoms with Gasteiger partial charge >= 0.3 is 10.4 Å². The van der Waals surface area contributed by atoms with E-state index in [1.807, 2.05) is 0 Å². The van der Waals surface area contributed by atoms with Gasteiger partial charge < -0.3 is 0 Å². The lowest BCUT2D eigenvalue weighted by molar-refractivity contribution is -0.432. The van der Waals surface area contributed by atoms with Gasteiger partial charge in [0, 0.05) is 4.90 Å². The number of hydrogen-bond acceptors (Lipinski definition) is 9. The Hall–Kier alpha value is -0.730. The molecule has 9 nitrogen and oxygen atoms in total. The van der Waals surface area contributed by atoms with Crippen LogP contribution in [0.4, 0.5) is 0 Å². The Balaban J connectivity index is 2.87. The summed E-state index contributed by atoms with van der Waals surface area (Å²) in [6.07, 6.45) is 0. The molecule has 0 radical (unpaired) electrons. The molecule has 0 aliphatic rings. The van der Waals surface area contributed by atoms with Crippen LogP contribution in [0.2, 0.25) is 0 Å². The summed E-state index contributed by atoms with van der Waals surface area (Å²) in [5.41, 5.74) is 0.671. The molecule has 0 heterocycles. The van der Waals surface area contributed by atoms with Crippen LogP contribution < -0.4 is 0 Å². The third-order valence-electron chi connectivity index (χ3n) is 2.26. The summed E-state index contributed by atoms with van der Waals surface area (Å²) in [6.45, 7) is 0.967. The maximum atomic E-state index is 12.0. The summed E-state index contributed by atoms with van der Waals surface area (Å²) in [6, 6.07) is 4.09. The van der Waals surface area contributed by atoms with Crippen LogP contribution in [0.25, 0.3) is 0 Å². The second-order valence-corrected chi connectivity index (χ2v) is 7.66. The summed E-state index contributed by atoms with van der Waals surface area (Å²) < 4.78 is 61.2. The minimum atomic E-state index is -4.69. The van der Waals surface area contributed by atoms with Crippen molar-refractivity contribution in [2.75, 3.05) is 12.4 Å². The molecule has 0 bridgehead atoms. The molecule has 0 saturated carbocycles. The van der Waals surface area contributed by atoms with Gasteiger partial charge in [0.05, 0.1) is 29.3 Å². The van der Waals surface area contributed by atoms with Gasteiger partial charge in [0.25, 0.3) is 0 Å². The van der Waals surface area contributed by atoms with Gasteiger partial charge in [-0.1, -0.05) is 11.1 Å². The van der Waals surface area contributed by atoms with E-state index in [1.54, 1.807) is 6.92 Å². The van der Waals surface area contributed by atoms with Gasteiger partial charge in [0.1, 0.15) is 0 Å². The largest absolute Gasteiger partial charge is 0.397 e. The number of sulfone groups is 1. The van der Waals surface area contributed by atoms with E-state index < -0.39 is 32.6 Å². The molecule has 120 valence electrons. The number of benzene rings is 1. The predicted octanol–water partition coefficient (Wildman–Crippen LogP) is 1.02. The minimum absolute atomic E-state index is 0.101. The summed E-state index contributed by atoms with van der Waals surface area (Å²) in [5.74, 6) is -0.642. The zero-order chi connectivity index (χ0) is 16.1. The minimum Gasteiger partial charge on any atom is -0.264 e. The Bertz CT molecular complexity index is 680. The second kappa shape index (κ2) is 7.51. The summed E-state index contributed by atoms with van der Waals surface area (Å²) in [7, 11) is -8.51. The van der Waals surface area contributed by atoms with E-state index in [0.717, 1.165) is 0 Å². The van der Waals surface area contributed by atoms with Crippen molar-refractivity contribution in [3.05, 3.63) is 23.8 Å². The average Bonchev–Trinajstić information content (AvgIpc) is 2.35. The van der Waals surface area contributed by atoms with Gasteiger partial charge in [-0.2, -0.15) is 8.42 Å². The van der Waals surface area contributed by atoms with Gasteiger partial charge in [-0.05, 0) is 24.6 Å². The van der Waals surface area contributed by atoms with Crippen LogP contribution in [0.5, 0.6) is 0 Å². The topological polar surface area (TPSA) is 136 Å². The van der Waals surface area contributed by atoms with Crippen molar-refractivity contribution in [2.45, 2.75) is 16.7 Å². The Labute approximate surface area is 125 Å². The maximum Gasteiger partial charge on any atom is 0.397 e. The highest BCUT2D eigenvalue weighted by Crippen LogP contribution is 2.26. The number of aryl methyl sites for hydroxylation is 1. The van der Waals surface area contributed by atoms with Gasteiger partial charge in [-0.15, -0.1) is 4.33 Å². The van der Waals surface area contributed by atoms with Gasteiger partial charge in [0.15, 0.2) is 9.84 Å². The number of hydrogen-bond donors (Lipinski definition) is 2. The first-order valence-electron chi connectivity index (χ1n) is 5.26. The molecule has 0 aliphatic carbocycles. The fourth-order valence-electron chi connectivity index (χ4n) is 1.28. The molecule has 0 aliphatic heterocycles. The van der Waals surface area contributed by atoms with Crippen molar-refractivity contribution in [1.29, 1.82) is 0 Å². The molecule has 0 unspecified atom stereocenters. The molecule has 1 aromatic carbocycles. The van der Waals surface area contributed by atoms with Crippen LogP contribution in [0.15, 0.2) is 28.0 Å². The van der Waals surface area contributed by atoms with Gasteiger partial charge in [-0.25, -0.2) is 17.9 Å². The predicted molar refractivity (Wildman–Crippen MR) is 71.4 cm³/mol. The Kier molecular flexibility index (Phi) is 6.55.